The first-order chi connectivity index (χ1) is 8.70. The summed E-state index contributed by atoms with van der Waals surface area (Å²) in [5, 5.41) is 12.2. The van der Waals surface area contributed by atoms with E-state index in [0.29, 0.717) is 6.61 Å². The topological polar surface area (TPSA) is 29.5 Å². The zero-order valence-corrected chi connectivity index (χ0v) is 11.0. The SMILES string of the molecule is CCC(C)C(O)COc1ccc2ccccc2c1. The average Bonchev–Trinajstić information content (AvgIpc) is 2.43. The average molecular weight is 244 g/mol. The van der Waals surface area contributed by atoms with E-state index in [0.717, 1.165) is 17.6 Å². The number of aliphatic hydroxyl groups is 1. The van der Waals surface area contributed by atoms with E-state index in [1.54, 1.807) is 0 Å². The minimum atomic E-state index is -0.401. The number of aliphatic hydroxyl groups excluding tert-OH is 1. The van der Waals surface area contributed by atoms with Gasteiger partial charge >= 0.3 is 0 Å². The second-order valence-electron chi connectivity index (χ2n) is 4.77. The van der Waals surface area contributed by atoms with Crippen LogP contribution in [0, 0.1) is 5.92 Å². The Morgan fingerprint density at radius 2 is 1.83 bits per heavy atom. The molecule has 0 aliphatic carbocycles. The van der Waals surface area contributed by atoms with Gasteiger partial charge in [-0.15, -0.1) is 0 Å². The fourth-order valence-electron chi connectivity index (χ4n) is 1.88. The van der Waals surface area contributed by atoms with Crippen LogP contribution in [0.5, 0.6) is 5.75 Å². The normalized spacial score (nSPS) is 14.4. The van der Waals surface area contributed by atoms with E-state index in [-0.39, 0.29) is 5.92 Å². The third kappa shape index (κ3) is 3.02. The van der Waals surface area contributed by atoms with Crippen molar-refractivity contribution in [3.05, 3.63) is 42.5 Å². The predicted molar refractivity (Wildman–Crippen MR) is 74.9 cm³/mol. The molecule has 0 radical (unpaired) electrons. The molecule has 0 aliphatic heterocycles. The van der Waals surface area contributed by atoms with Crippen molar-refractivity contribution in [2.45, 2.75) is 26.4 Å². The predicted octanol–water partition coefficient (Wildman–Crippen LogP) is 3.63. The molecule has 0 saturated heterocycles. The first-order valence-corrected chi connectivity index (χ1v) is 6.50. The number of benzene rings is 2. The lowest BCUT2D eigenvalue weighted by molar-refractivity contribution is 0.0622. The van der Waals surface area contributed by atoms with E-state index in [9.17, 15) is 5.11 Å². The van der Waals surface area contributed by atoms with Crippen molar-refractivity contribution in [2.75, 3.05) is 6.61 Å². The van der Waals surface area contributed by atoms with Gasteiger partial charge in [0.15, 0.2) is 0 Å². The van der Waals surface area contributed by atoms with Crippen LogP contribution in [0.1, 0.15) is 20.3 Å². The summed E-state index contributed by atoms with van der Waals surface area (Å²) in [6, 6.07) is 14.2. The maximum Gasteiger partial charge on any atom is 0.120 e. The van der Waals surface area contributed by atoms with E-state index in [1.807, 2.05) is 37.3 Å². The summed E-state index contributed by atoms with van der Waals surface area (Å²) in [6.07, 6.45) is 0.559. The summed E-state index contributed by atoms with van der Waals surface area (Å²) in [5.41, 5.74) is 0. The summed E-state index contributed by atoms with van der Waals surface area (Å²) < 4.78 is 5.65. The first-order valence-electron chi connectivity index (χ1n) is 6.50. The van der Waals surface area contributed by atoms with Gasteiger partial charge in [0.1, 0.15) is 12.4 Å². The Bertz CT molecular complexity index is 507. The quantitative estimate of drug-likeness (QED) is 0.870. The van der Waals surface area contributed by atoms with Gasteiger partial charge in [-0.1, -0.05) is 50.6 Å². The van der Waals surface area contributed by atoms with Crippen LogP contribution in [0.2, 0.25) is 0 Å². The molecule has 0 saturated carbocycles. The standard InChI is InChI=1S/C16H20O2/c1-3-12(2)16(17)11-18-15-9-8-13-6-4-5-7-14(13)10-15/h4-10,12,16-17H,3,11H2,1-2H3. The van der Waals surface area contributed by atoms with Crippen molar-refractivity contribution in [1.82, 2.24) is 0 Å². The van der Waals surface area contributed by atoms with E-state index < -0.39 is 6.10 Å². The lowest BCUT2D eigenvalue weighted by Gasteiger charge is -2.17. The number of hydrogen-bond acceptors (Lipinski definition) is 2. The second kappa shape index (κ2) is 5.87. The molecule has 2 aromatic rings. The number of ether oxygens (including phenoxy) is 1. The van der Waals surface area contributed by atoms with Crippen LogP contribution in [0.3, 0.4) is 0 Å². The minimum absolute atomic E-state index is 0.269. The van der Waals surface area contributed by atoms with E-state index in [1.165, 1.54) is 5.39 Å². The maximum atomic E-state index is 9.87. The van der Waals surface area contributed by atoms with Crippen molar-refractivity contribution in [1.29, 1.82) is 0 Å². The molecule has 0 aromatic heterocycles. The van der Waals surface area contributed by atoms with Crippen LogP contribution >= 0.6 is 0 Å². The molecule has 2 unspecified atom stereocenters. The number of fused-ring (bicyclic) bond motifs is 1. The van der Waals surface area contributed by atoms with Gasteiger partial charge < -0.3 is 9.84 Å². The highest BCUT2D eigenvalue weighted by atomic mass is 16.5. The molecule has 0 bridgehead atoms. The molecule has 2 rings (SSSR count). The summed E-state index contributed by atoms with van der Waals surface area (Å²) in [5.74, 6) is 1.08. The van der Waals surface area contributed by atoms with Gasteiger partial charge in [0.25, 0.3) is 0 Å². The Balaban J connectivity index is 2.04. The molecule has 0 amide bonds. The highest BCUT2D eigenvalue weighted by molar-refractivity contribution is 5.83. The number of rotatable bonds is 5. The largest absolute Gasteiger partial charge is 0.491 e. The summed E-state index contributed by atoms with van der Waals surface area (Å²) in [6.45, 7) is 4.46. The summed E-state index contributed by atoms with van der Waals surface area (Å²) in [4.78, 5) is 0. The van der Waals surface area contributed by atoms with E-state index >= 15 is 0 Å². The highest BCUT2D eigenvalue weighted by Gasteiger charge is 2.12. The molecule has 2 aromatic carbocycles. The summed E-state index contributed by atoms with van der Waals surface area (Å²) >= 11 is 0. The van der Waals surface area contributed by atoms with Crippen molar-refractivity contribution in [2.24, 2.45) is 5.92 Å². The molecule has 18 heavy (non-hydrogen) atoms. The molecule has 0 heterocycles. The lowest BCUT2D eigenvalue weighted by atomic mass is 10.0. The van der Waals surface area contributed by atoms with Gasteiger partial charge in [0, 0.05) is 0 Å². The van der Waals surface area contributed by atoms with Crippen molar-refractivity contribution < 1.29 is 9.84 Å². The van der Waals surface area contributed by atoms with Crippen LogP contribution < -0.4 is 4.74 Å². The van der Waals surface area contributed by atoms with Crippen LogP contribution in [0.25, 0.3) is 10.8 Å². The van der Waals surface area contributed by atoms with Gasteiger partial charge in [-0.05, 0) is 28.8 Å². The Labute approximate surface area is 108 Å². The van der Waals surface area contributed by atoms with Crippen LogP contribution in [0.4, 0.5) is 0 Å². The van der Waals surface area contributed by atoms with Crippen molar-refractivity contribution in [3.63, 3.8) is 0 Å². The van der Waals surface area contributed by atoms with Gasteiger partial charge in [0.2, 0.25) is 0 Å². The Morgan fingerprint density at radius 3 is 2.56 bits per heavy atom. The first kappa shape index (κ1) is 12.9. The fourth-order valence-corrected chi connectivity index (χ4v) is 1.88. The molecule has 0 fully saturated rings. The van der Waals surface area contributed by atoms with Crippen LogP contribution in [-0.2, 0) is 0 Å². The van der Waals surface area contributed by atoms with Crippen molar-refractivity contribution >= 4 is 10.8 Å². The Kier molecular flexibility index (Phi) is 4.21. The van der Waals surface area contributed by atoms with Gasteiger partial charge in [0.05, 0.1) is 6.10 Å². The molecule has 0 aliphatic rings. The lowest BCUT2D eigenvalue weighted by Crippen LogP contribution is -2.24. The number of hydrogen-bond donors (Lipinski definition) is 1. The second-order valence-corrected chi connectivity index (χ2v) is 4.77. The molecule has 2 heteroatoms. The minimum Gasteiger partial charge on any atom is -0.491 e. The molecular formula is C16H20O2. The van der Waals surface area contributed by atoms with E-state index in [2.05, 4.69) is 19.1 Å². The van der Waals surface area contributed by atoms with Crippen LogP contribution in [-0.4, -0.2) is 17.8 Å². The summed E-state index contributed by atoms with van der Waals surface area (Å²) in [7, 11) is 0. The van der Waals surface area contributed by atoms with Crippen LogP contribution in [0.15, 0.2) is 42.5 Å². The Hall–Kier alpha value is -1.54. The van der Waals surface area contributed by atoms with Gasteiger partial charge in [-0.3, -0.25) is 0 Å². The van der Waals surface area contributed by atoms with Gasteiger partial charge in [-0.25, -0.2) is 0 Å². The Morgan fingerprint density at radius 1 is 1.11 bits per heavy atom. The molecule has 2 atom stereocenters. The molecular weight excluding hydrogens is 224 g/mol. The molecule has 96 valence electrons. The third-order valence-electron chi connectivity index (χ3n) is 3.44. The zero-order valence-electron chi connectivity index (χ0n) is 11.0. The van der Waals surface area contributed by atoms with Crippen molar-refractivity contribution in [3.8, 4) is 5.75 Å². The third-order valence-corrected chi connectivity index (χ3v) is 3.44. The molecule has 2 nitrogen and oxygen atoms in total. The maximum absolute atomic E-state index is 9.87. The zero-order chi connectivity index (χ0) is 13.0. The molecule has 1 N–H and O–H groups in total. The van der Waals surface area contributed by atoms with E-state index in [4.69, 9.17) is 4.74 Å². The molecule has 0 spiro atoms. The van der Waals surface area contributed by atoms with Gasteiger partial charge in [-0.2, -0.15) is 0 Å². The smallest absolute Gasteiger partial charge is 0.120 e. The monoisotopic (exact) mass is 244 g/mol. The highest BCUT2D eigenvalue weighted by Crippen LogP contribution is 2.21. The fraction of sp³-hybridized carbons (Fsp3) is 0.375.